The van der Waals surface area contributed by atoms with Crippen LogP contribution in [0.2, 0.25) is 10.3 Å². The lowest BCUT2D eigenvalue weighted by Crippen LogP contribution is -2.57. The standard InChI is InChI=1S/C48H37Cl2N3O11/c49-36-26-34-37(42(50)52-36)51-28-53(34)43-41(64-48(58)33-24-14-5-15-25-33)40(63-47(57)32-22-12-4-13-23-32)39(62-46(56)31-20-10-3-11-21-31)38(61-45(55)30-18-8-2-9-19-30)35(60-43)27-59-44(54)29-16-6-1-7-17-29/h1-26,35,38-41,43,51H,27-28H2/t35-,38-,39+,40-,41-,43-/m1/s1. The van der Waals surface area contributed by atoms with E-state index >= 15 is 0 Å². The molecule has 2 aliphatic heterocycles. The number of aromatic nitrogens is 1. The summed E-state index contributed by atoms with van der Waals surface area (Å²) in [5.74, 6) is -4.43. The average molecular weight is 903 g/mol. The maximum absolute atomic E-state index is 14.4. The lowest BCUT2D eigenvalue weighted by Gasteiger charge is -2.37. The number of halogens is 2. The van der Waals surface area contributed by atoms with Gasteiger partial charge in [0.15, 0.2) is 35.8 Å². The summed E-state index contributed by atoms with van der Waals surface area (Å²) in [6.45, 7) is -0.721. The molecule has 2 aliphatic rings. The first-order valence-corrected chi connectivity index (χ1v) is 20.7. The number of hydrogen-bond donors (Lipinski definition) is 1. The van der Waals surface area contributed by atoms with Crippen LogP contribution in [0, 0.1) is 0 Å². The Balaban J connectivity index is 1.33. The van der Waals surface area contributed by atoms with Crippen molar-refractivity contribution in [2.75, 3.05) is 23.5 Å². The van der Waals surface area contributed by atoms with E-state index < -0.39 is 73.2 Å². The second-order valence-electron chi connectivity index (χ2n) is 14.4. The van der Waals surface area contributed by atoms with Crippen molar-refractivity contribution in [3.05, 3.63) is 196 Å². The number of anilines is 2. The van der Waals surface area contributed by atoms with Gasteiger partial charge in [-0.3, -0.25) is 0 Å². The summed E-state index contributed by atoms with van der Waals surface area (Å²) in [6.07, 6.45) is -10.2. The van der Waals surface area contributed by atoms with Gasteiger partial charge in [0.1, 0.15) is 17.9 Å². The third-order valence-electron chi connectivity index (χ3n) is 10.3. The number of esters is 5. The minimum Gasteiger partial charge on any atom is -0.459 e. The Labute approximate surface area is 376 Å². The fraction of sp³-hybridized carbons (Fsp3) is 0.167. The molecule has 0 unspecified atom stereocenters. The first-order chi connectivity index (χ1) is 31.1. The van der Waals surface area contributed by atoms with Gasteiger partial charge in [-0.05, 0) is 60.7 Å². The second-order valence-corrected chi connectivity index (χ2v) is 15.2. The molecule has 1 aromatic heterocycles. The highest BCUT2D eigenvalue weighted by molar-refractivity contribution is 6.35. The Kier molecular flexibility index (Phi) is 13.5. The number of ether oxygens (including phenoxy) is 6. The number of nitrogens with zero attached hydrogens (tertiary/aromatic N) is 2. The van der Waals surface area contributed by atoms with Crippen molar-refractivity contribution in [3.8, 4) is 0 Å². The minimum absolute atomic E-state index is 0.00110. The summed E-state index contributed by atoms with van der Waals surface area (Å²) < 4.78 is 38.1. The Bertz CT molecular complexity index is 2610. The summed E-state index contributed by atoms with van der Waals surface area (Å²) in [6, 6.07) is 41.4. The number of carbonyl (C=O) groups excluding carboxylic acids is 5. The molecule has 0 spiro atoms. The quantitative estimate of drug-likeness (QED) is 0.0711. The van der Waals surface area contributed by atoms with Crippen LogP contribution in [0.1, 0.15) is 51.8 Å². The van der Waals surface area contributed by atoms with Crippen LogP contribution in [0.3, 0.4) is 0 Å². The van der Waals surface area contributed by atoms with E-state index in [0.717, 1.165) is 0 Å². The predicted octanol–water partition coefficient (Wildman–Crippen LogP) is 8.06. The molecule has 14 nitrogen and oxygen atoms in total. The zero-order chi connectivity index (χ0) is 44.6. The zero-order valence-corrected chi connectivity index (χ0v) is 35.0. The number of carbonyl (C=O) groups is 5. The highest BCUT2D eigenvalue weighted by atomic mass is 35.5. The first kappa shape index (κ1) is 43.4. The van der Waals surface area contributed by atoms with Gasteiger partial charge in [-0.1, -0.05) is 114 Å². The van der Waals surface area contributed by atoms with Gasteiger partial charge in [0, 0.05) is 6.07 Å². The fourth-order valence-corrected chi connectivity index (χ4v) is 7.71. The zero-order valence-electron chi connectivity index (χ0n) is 33.5. The van der Waals surface area contributed by atoms with Crippen LogP contribution in [0.5, 0.6) is 0 Å². The van der Waals surface area contributed by atoms with Crippen molar-refractivity contribution in [1.82, 2.24) is 4.98 Å². The van der Waals surface area contributed by atoms with Crippen molar-refractivity contribution in [1.29, 1.82) is 0 Å². The second kappa shape index (κ2) is 19.8. The molecule has 6 atom stereocenters. The lowest BCUT2D eigenvalue weighted by molar-refractivity contribution is -0.129. The van der Waals surface area contributed by atoms with Gasteiger partial charge in [-0.25, -0.2) is 29.0 Å². The van der Waals surface area contributed by atoms with Crippen LogP contribution >= 0.6 is 23.2 Å². The summed E-state index contributed by atoms with van der Waals surface area (Å²) in [5.41, 5.74) is 1.19. The van der Waals surface area contributed by atoms with E-state index in [2.05, 4.69) is 10.3 Å². The summed E-state index contributed by atoms with van der Waals surface area (Å²) in [4.78, 5) is 76.6. The van der Waals surface area contributed by atoms with Crippen LogP contribution in [0.15, 0.2) is 158 Å². The van der Waals surface area contributed by atoms with Crippen molar-refractivity contribution >= 4 is 64.4 Å². The van der Waals surface area contributed by atoms with Crippen LogP contribution in [0.4, 0.5) is 11.4 Å². The lowest BCUT2D eigenvalue weighted by atomic mass is 9.98. The molecule has 1 N–H and O–H groups in total. The maximum Gasteiger partial charge on any atom is 0.338 e. The minimum atomic E-state index is -1.84. The molecule has 16 heteroatoms. The van der Waals surface area contributed by atoms with Crippen molar-refractivity contribution in [3.63, 3.8) is 0 Å². The van der Waals surface area contributed by atoms with Gasteiger partial charge in [-0.15, -0.1) is 0 Å². The summed E-state index contributed by atoms with van der Waals surface area (Å²) in [7, 11) is 0. The van der Waals surface area contributed by atoms with E-state index in [9.17, 15) is 24.0 Å². The van der Waals surface area contributed by atoms with Gasteiger partial charge < -0.3 is 38.6 Å². The number of fused-ring (bicyclic) bond motifs is 1. The van der Waals surface area contributed by atoms with Crippen LogP contribution in [-0.2, 0) is 28.4 Å². The number of hydrogen-bond acceptors (Lipinski definition) is 14. The van der Waals surface area contributed by atoms with Gasteiger partial charge >= 0.3 is 29.8 Å². The molecule has 1 saturated heterocycles. The molecule has 0 saturated carbocycles. The molecule has 5 aromatic carbocycles. The van der Waals surface area contributed by atoms with Crippen LogP contribution < -0.4 is 10.2 Å². The van der Waals surface area contributed by atoms with Crippen molar-refractivity contribution in [2.45, 2.75) is 36.7 Å². The summed E-state index contributed by atoms with van der Waals surface area (Å²) >= 11 is 13.0. The molecular formula is C48H37Cl2N3O11. The fourth-order valence-electron chi connectivity index (χ4n) is 7.22. The molecule has 0 amide bonds. The third-order valence-corrected chi connectivity index (χ3v) is 10.8. The van der Waals surface area contributed by atoms with Gasteiger partial charge in [-0.2, -0.15) is 0 Å². The smallest absolute Gasteiger partial charge is 0.338 e. The first-order valence-electron chi connectivity index (χ1n) is 19.9. The normalized spacial score (nSPS) is 20.1. The average Bonchev–Trinajstić information content (AvgIpc) is 3.72. The Morgan fingerprint density at radius 1 is 0.547 bits per heavy atom. The van der Waals surface area contributed by atoms with E-state index in [4.69, 9.17) is 51.6 Å². The number of benzene rings is 5. The van der Waals surface area contributed by atoms with E-state index in [-0.39, 0.29) is 44.8 Å². The third kappa shape index (κ3) is 9.84. The van der Waals surface area contributed by atoms with E-state index in [1.807, 2.05) is 0 Å². The molecule has 64 heavy (non-hydrogen) atoms. The maximum atomic E-state index is 14.4. The number of nitrogens with one attached hydrogen (secondary N) is 1. The molecule has 0 aliphatic carbocycles. The monoisotopic (exact) mass is 901 g/mol. The molecular weight excluding hydrogens is 865 g/mol. The van der Waals surface area contributed by atoms with Gasteiger partial charge in [0.2, 0.25) is 0 Å². The van der Waals surface area contributed by atoms with E-state index in [0.29, 0.717) is 11.4 Å². The SMILES string of the molecule is O=C(OC[C@H]1O[C@@H](N2CNc3c2cc(Cl)nc3Cl)[C@H](OC(=O)c2ccccc2)[C@H](OC(=O)c2ccccc2)[C@@H](OC(=O)c2ccccc2)[C@@H]1OC(=O)c1ccccc1)c1ccccc1. The molecule has 0 radical (unpaired) electrons. The van der Waals surface area contributed by atoms with Gasteiger partial charge in [0.25, 0.3) is 0 Å². The highest BCUT2D eigenvalue weighted by Gasteiger charge is 2.57. The molecule has 8 rings (SSSR count). The Morgan fingerprint density at radius 3 is 1.36 bits per heavy atom. The Morgan fingerprint density at radius 2 is 0.922 bits per heavy atom. The van der Waals surface area contributed by atoms with E-state index in [1.54, 1.807) is 108 Å². The van der Waals surface area contributed by atoms with Crippen LogP contribution in [0.25, 0.3) is 0 Å². The summed E-state index contributed by atoms with van der Waals surface area (Å²) in [5, 5.41) is 3.15. The van der Waals surface area contributed by atoms with Crippen LogP contribution in [-0.4, -0.2) is 84.9 Å². The highest BCUT2D eigenvalue weighted by Crippen LogP contribution is 2.42. The largest absolute Gasteiger partial charge is 0.459 e. The van der Waals surface area contributed by atoms with Crippen molar-refractivity contribution < 1.29 is 52.4 Å². The Hall–Kier alpha value is -7.26. The van der Waals surface area contributed by atoms with Crippen molar-refractivity contribution in [2.24, 2.45) is 0 Å². The number of pyridine rings is 1. The topological polar surface area (TPSA) is 169 Å². The number of rotatable bonds is 12. The molecule has 324 valence electrons. The molecule has 0 bridgehead atoms. The predicted molar refractivity (Wildman–Crippen MR) is 233 cm³/mol. The van der Waals surface area contributed by atoms with Gasteiger partial charge in [0.05, 0.1) is 45.9 Å². The van der Waals surface area contributed by atoms with E-state index in [1.165, 1.54) is 54.6 Å². The molecule has 1 fully saturated rings. The molecule has 3 heterocycles. The molecule has 6 aromatic rings.